The molecule has 8 nitrogen and oxygen atoms in total. The second-order valence-electron chi connectivity index (χ2n) is 7.32. The third-order valence-corrected chi connectivity index (χ3v) is 7.24. The van der Waals surface area contributed by atoms with Crippen LogP contribution in [-0.4, -0.2) is 53.1 Å². The van der Waals surface area contributed by atoms with E-state index in [4.69, 9.17) is 4.74 Å². The molecule has 1 aliphatic rings. The van der Waals surface area contributed by atoms with Crippen molar-refractivity contribution in [2.45, 2.75) is 31.1 Å². The van der Waals surface area contributed by atoms with E-state index in [1.54, 1.807) is 10.6 Å². The number of ether oxygens (including phenoxy) is 1. The van der Waals surface area contributed by atoms with E-state index in [1.807, 2.05) is 6.92 Å². The van der Waals surface area contributed by atoms with Crippen molar-refractivity contribution in [1.29, 1.82) is 0 Å². The van der Waals surface area contributed by atoms with E-state index in [0.717, 1.165) is 22.9 Å². The Morgan fingerprint density at radius 3 is 2.50 bits per heavy atom. The number of fused-ring (bicyclic) bond motifs is 1. The van der Waals surface area contributed by atoms with Crippen molar-refractivity contribution in [2.75, 3.05) is 26.3 Å². The first kappa shape index (κ1) is 22.5. The van der Waals surface area contributed by atoms with Crippen LogP contribution in [0.25, 0.3) is 11.0 Å². The molecule has 1 aliphatic heterocycles. The molecule has 1 fully saturated rings. The van der Waals surface area contributed by atoms with Gasteiger partial charge in [0.2, 0.25) is 10.0 Å². The Morgan fingerprint density at radius 1 is 1.12 bits per heavy atom. The van der Waals surface area contributed by atoms with Crippen LogP contribution < -0.4 is 5.56 Å². The molecule has 1 aromatic carbocycles. The molecule has 0 atom stereocenters. The van der Waals surface area contributed by atoms with Gasteiger partial charge in [-0.15, -0.1) is 0 Å². The lowest BCUT2D eigenvalue weighted by Crippen LogP contribution is -2.40. The van der Waals surface area contributed by atoms with Gasteiger partial charge < -0.3 is 13.9 Å². The molecule has 3 aromatic rings. The Hall–Kier alpha value is -2.70. The molecular weight excluding hydrogens is 449 g/mol. The zero-order valence-electron chi connectivity index (χ0n) is 17.2. The number of benzene rings is 1. The summed E-state index contributed by atoms with van der Waals surface area (Å²) < 4.78 is 74.3. The van der Waals surface area contributed by atoms with Crippen LogP contribution in [0.15, 0.2) is 46.2 Å². The van der Waals surface area contributed by atoms with Crippen molar-refractivity contribution in [3.63, 3.8) is 0 Å². The molecule has 12 heteroatoms. The monoisotopic (exact) mass is 470 g/mol. The average Bonchev–Trinajstić information content (AvgIpc) is 3.11. The third kappa shape index (κ3) is 4.17. The number of morpholine rings is 1. The summed E-state index contributed by atoms with van der Waals surface area (Å²) in [5.74, 6) is 0.352. The van der Waals surface area contributed by atoms with Gasteiger partial charge in [0.25, 0.3) is 5.56 Å². The molecule has 0 spiro atoms. The first-order chi connectivity index (χ1) is 15.1. The maximum absolute atomic E-state index is 13.1. The Kier molecular flexibility index (Phi) is 5.86. The molecule has 0 aliphatic carbocycles. The van der Waals surface area contributed by atoms with Crippen LogP contribution in [0.1, 0.15) is 18.3 Å². The van der Waals surface area contributed by atoms with Gasteiger partial charge in [0, 0.05) is 31.9 Å². The van der Waals surface area contributed by atoms with E-state index < -0.39 is 27.3 Å². The van der Waals surface area contributed by atoms with Gasteiger partial charge in [-0.1, -0.05) is 0 Å². The summed E-state index contributed by atoms with van der Waals surface area (Å²) in [7, 11) is -3.73. The van der Waals surface area contributed by atoms with Gasteiger partial charge in [-0.25, -0.2) is 13.4 Å². The maximum Gasteiger partial charge on any atom is 0.417 e. The molecule has 0 unspecified atom stereocenters. The number of aromatic nitrogens is 3. The van der Waals surface area contributed by atoms with Gasteiger partial charge in [0.15, 0.2) is 0 Å². The van der Waals surface area contributed by atoms with E-state index in [2.05, 4.69) is 4.98 Å². The molecule has 0 radical (unpaired) electrons. The van der Waals surface area contributed by atoms with Gasteiger partial charge in [0.05, 0.1) is 41.3 Å². The minimum atomic E-state index is -4.58. The highest BCUT2D eigenvalue weighted by Gasteiger charge is 2.31. The van der Waals surface area contributed by atoms with Crippen molar-refractivity contribution in [1.82, 2.24) is 18.4 Å². The molecule has 0 saturated carbocycles. The maximum atomic E-state index is 13.1. The standard InChI is InChI=1S/C20H21F3N4O4S/c1-2-27-17-5-4-15(32(29,30)26-7-9-31-10-8-26)11-16(17)24-18(27)13-25-12-14(20(21,22)23)3-6-19(25)28/h3-6,11-12H,2,7-10,13H2,1H3. The molecule has 4 rings (SSSR count). The van der Waals surface area contributed by atoms with Gasteiger partial charge in [0.1, 0.15) is 5.82 Å². The largest absolute Gasteiger partial charge is 0.417 e. The molecule has 0 bridgehead atoms. The number of rotatable bonds is 5. The fourth-order valence-electron chi connectivity index (χ4n) is 3.70. The highest BCUT2D eigenvalue weighted by atomic mass is 32.2. The number of aryl methyl sites for hydroxylation is 1. The third-order valence-electron chi connectivity index (χ3n) is 5.35. The van der Waals surface area contributed by atoms with Crippen molar-refractivity contribution in [3.05, 3.63) is 58.3 Å². The zero-order chi connectivity index (χ0) is 23.1. The van der Waals surface area contributed by atoms with Crippen LogP contribution >= 0.6 is 0 Å². The van der Waals surface area contributed by atoms with Crippen LogP contribution in [0.5, 0.6) is 0 Å². The summed E-state index contributed by atoms with van der Waals surface area (Å²) in [5.41, 5.74) is -0.516. The number of hydrogen-bond donors (Lipinski definition) is 0. The van der Waals surface area contributed by atoms with E-state index in [-0.39, 0.29) is 24.5 Å². The number of pyridine rings is 1. The summed E-state index contributed by atoms with van der Waals surface area (Å²) >= 11 is 0. The lowest BCUT2D eigenvalue weighted by molar-refractivity contribution is -0.138. The minimum Gasteiger partial charge on any atom is -0.379 e. The number of imidazole rings is 1. The minimum absolute atomic E-state index is 0.0791. The predicted octanol–water partition coefficient (Wildman–Crippen LogP) is 2.31. The number of sulfonamides is 1. The quantitative estimate of drug-likeness (QED) is 0.571. The summed E-state index contributed by atoms with van der Waals surface area (Å²) in [4.78, 5) is 16.7. The Balaban J connectivity index is 1.73. The Bertz CT molecular complexity index is 1310. The average molecular weight is 470 g/mol. The molecule has 1 saturated heterocycles. The predicted molar refractivity (Wildman–Crippen MR) is 110 cm³/mol. The smallest absolute Gasteiger partial charge is 0.379 e. The SMILES string of the molecule is CCn1c(Cn2cc(C(F)(F)F)ccc2=O)nc2cc(S(=O)(=O)N3CCOCC3)ccc21. The molecule has 32 heavy (non-hydrogen) atoms. The number of alkyl halides is 3. The van der Waals surface area contributed by atoms with Crippen molar-refractivity contribution < 1.29 is 26.3 Å². The lowest BCUT2D eigenvalue weighted by atomic mass is 10.3. The highest BCUT2D eigenvalue weighted by Crippen LogP contribution is 2.28. The summed E-state index contributed by atoms with van der Waals surface area (Å²) in [5, 5.41) is 0. The van der Waals surface area contributed by atoms with Crippen LogP contribution in [0.2, 0.25) is 0 Å². The van der Waals surface area contributed by atoms with Crippen molar-refractivity contribution in [3.8, 4) is 0 Å². The second-order valence-corrected chi connectivity index (χ2v) is 9.26. The lowest BCUT2D eigenvalue weighted by Gasteiger charge is -2.26. The fourth-order valence-corrected chi connectivity index (χ4v) is 5.13. The van der Waals surface area contributed by atoms with E-state index in [1.165, 1.54) is 16.4 Å². The van der Waals surface area contributed by atoms with Gasteiger partial charge in [-0.2, -0.15) is 17.5 Å². The molecule has 172 valence electrons. The molecule has 0 amide bonds. The van der Waals surface area contributed by atoms with Crippen molar-refractivity contribution in [2.24, 2.45) is 0 Å². The van der Waals surface area contributed by atoms with E-state index >= 15 is 0 Å². The number of nitrogens with zero attached hydrogens (tertiary/aromatic N) is 4. The van der Waals surface area contributed by atoms with E-state index in [0.29, 0.717) is 36.6 Å². The van der Waals surface area contributed by atoms with Crippen LogP contribution in [0, 0.1) is 0 Å². The summed E-state index contributed by atoms with van der Waals surface area (Å²) in [6.45, 7) is 3.24. The van der Waals surface area contributed by atoms with Crippen LogP contribution in [0.3, 0.4) is 0 Å². The molecule has 3 heterocycles. The summed E-state index contributed by atoms with van der Waals surface area (Å²) in [6.07, 6.45) is -3.82. The van der Waals surface area contributed by atoms with Gasteiger partial charge >= 0.3 is 6.18 Å². The van der Waals surface area contributed by atoms with Crippen molar-refractivity contribution >= 4 is 21.1 Å². The van der Waals surface area contributed by atoms with Gasteiger partial charge in [-0.05, 0) is 31.2 Å². The van der Waals surface area contributed by atoms with Crippen LogP contribution in [-0.2, 0) is 34.0 Å². The Labute approximate surface area is 181 Å². The second kappa shape index (κ2) is 8.34. The first-order valence-electron chi connectivity index (χ1n) is 9.96. The highest BCUT2D eigenvalue weighted by molar-refractivity contribution is 7.89. The zero-order valence-corrected chi connectivity index (χ0v) is 18.0. The topological polar surface area (TPSA) is 86.4 Å². The molecule has 0 N–H and O–H groups in total. The van der Waals surface area contributed by atoms with Gasteiger partial charge in [-0.3, -0.25) is 4.79 Å². The first-order valence-corrected chi connectivity index (χ1v) is 11.4. The number of halogens is 3. The molecular formula is C20H21F3N4O4S. The Morgan fingerprint density at radius 2 is 1.84 bits per heavy atom. The van der Waals surface area contributed by atoms with Crippen LogP contribution in [0.4, 0.5) is 13.2 Å². The molecule has 2 aromatic heterocycles. The number of hydrogen-bond acceptors (Lipinski definition) is 5. The normalized spacial score (nSPS) is 16.0. The summed E-state index contributed by atoms with van der Waals surface area (Å²) in [6, 6.07) is 6.17. The van der Waals surface area contributed by atoms with E-state index in [9.17, 15) is 26.4 Å². The fraction of sp³-hybridized carbons (Fsp3) is 0.400.